The second-order valence-corrected chi connectivity index (χ2v) is 2.11. The van der Waals surface area contributed by atoms with Crippen LogP contribution in [0.15, 0.2) is 0 Å². The fourth-order valence-corrected chi connectivity index (χ4v) is 0.593. The van der Waals surface area contributed by atoms with Crippen LogP contribution >= 0.6 is 0 Å². The number of nitrogens with two attached hydrogens (primary N) is 3. The van der Waals surface area contributed by atoms with Crippen LogP contribution in [0.4, 0.5) is 4.79 Å². The molecule has 8 N–H and O–H groups in total. The van der Waals surface area contributed by atoms with Crippen LogP contribution in [0.2, 0.25) is 0 Å². The monoisotopic (exact) mass is 161 g/mol. The van der Waals surface area contributed by atoms with Gasteiger partial charge in [-0.25, -0.2) is 4.79 Å². The fraction of sp³-hybridized carbons (Fsp3) is 0.800. The third kappa shape index (κ3) is 7.04. The topological polar surface area (TPSA) is 119 Å². The lowest BCUT2D eigenvalue weighted by Crippen LogP contribution is -2.50. The number of nitrogens with one attached hydrogen (secondary N) is 2. The Hall–Kier alpha value is -0.850. The van der Waals surface area contributed by atoms with E-state index >= 15 is 0 Å². The van der Waals surface area contributed by atoms with Crippen molar-refractivity contribution in [3.8, 4) is 0 Å². The molecule has 0 aromatic carbocycles. The number of amides is 2. The quantitative estimate of drug-likeness (QED) is 0.226. The van der Waals surface area contributed by atoms with E-state index in [1.54, 1.807) is 0 Å². The molecular formula is C5H15N5O. The van der Waals surface area contributed by atoms with Gasteiger partial charge in [0.25, 0.3) is 0 Å². The van der Waals surface area contributed by atoms with Gasteiger partial charge in [0.05, 0.1) is 6.17 Å². The molecule has 1 unspecified atom stereocenters. The summed E-state index contributed by atoms with van der Waals surface area (Å²) in [6.07, 6.45) is -0.445. The van der Waals surface area contributed by atoms with Crippen molar-refractivity contribution in [2.45, 2.75) is 6.17 Å². The molecule has 6 nitrogen and oxygen atoms in total. The van der Waals surface area contributed by atoms with E-state index in [1.807, 2.05) is 0 Å². The van der Waals surface area contributed by atoms with Gasteiger partial charge in [0.2, 0.25) is 0 Å². The second-order valence-electron chi connectivity index (χ2n) is 2.11. The summed E-state index contributed by atoms with van der Waals surface area (Å²) in [6.45, 7) is 1.69. The summed E-state index contributed by atoms with van der Waals surface area (Å²) in [4.78, 5) is 10.2. The Labute approximate surface area is 65.5 Å². The summed E-state index contributed by atoms with van der Waals surface area (Å²) in [7, 11) is 0. The van der Waals surface area contributed by atoms with E-state index in [0.717, 1.165) is 0 Å². The zero-order chi connectivity index (χ0) is 8.69. The van der Waals surface area contributed by atoms with Gasteiger partial charge >= 0.3 is 6.03 Å². The average Bonchev–Trinajstić information content (AvgIpc) is 1.86. The van der Waals surface area contributed by atoms with E-state index in [1.165, 1.54) is 0 Å². The Kier molecular flexibility index (Phi) is 5.44. The molecule has 0 saturated heterocycles. The lowest BCUT2D eigenvalue weighted by molar-refractivity contribution is 0.245. The number of rotatable bonds is 5. The molecule has 2 amide bonds. The first-order valence-electron chi connectivity index (χ1n) is 3.39. The van der Waals surface area contributed by atoms with Crippen LogP contribution < -0.4 is 27.8 Å². The Bertz CT molecular complexity index is 117. The highest BCUT2D eigenvalue weighted by molar-refractivity contribution is 5.71. The minimum absolute atomic E-state index is 0.445. The summed E-state index contributed by atoms with van der Waals surface area (Å²) < 4.78 is 0. The summed E-state index contributed by atoms with van der Waals surface area (Å²) >= 11 is 0. The van der Waals surface area contributed by atoms with Gasteiger partial charge < -0.3 is 27.8 Å². The fourth-order valence-electron chi connectivity index (χ4n) is 0.593. The molecule has 0 radical (unpaired) electrons. The lowest BCUT2D eigenvalue weighted by Gasteiger charge is -2.11. The maximum absolute atomic E-state index is 10.2. The summed E-state index contributed by atoms with van der Waals surface area (Å²) in [5.74, 6) is 0. The van der Waals surface area contributed by atoms with Crippen molar-refractivity contribution < 1.29 is 4.79 Å². The van der Waals surface area contributed by atoms with Crippen LogP contribution in [-0.4, -0.2) is 31.8 Å². The normalized spacial score (nSPS) is 12.5. The van der Waals surface area contributed by atoms with E-state index in [9.17, 15) is 4.79 Å². The molecule has 1 atom stereocenters. The van der Waals surface area contributed by atoms with E-state index in [-0.39, 0.29) is 0 Å². The van der Waals surface area contributed by atoms with Gasteiger partial charge in [0.15, 0.2) is 0 Å². The first-order chi connectivity index (χ1) is 5.16. The van der Waals surface area contributed by atoms with Crippen molar-refractivity contribution in [2.75, 3.05) is 19.6 Å². The van der Waals surface area contributed by atoms with Crippen molar-refractivity contribution in [1.29, 1.82) is 0 Å². The second kappa shape index (κ2) is 5.90. The van der Waals surface area contributed by atoms with Crippen LogP contribution in [0, 0.1) is 0 Å². The highest BCUT2D eigenvalue weighted by Crippen LogP contribution is 1.67. The molecule has 11 heavy (non-hydrogen) atoms. The first-order valence-corrected chi connectivity index (χ1v) is 3.39. The molecule has 6 heteroatoms. The summed E-state index contributed by atoms with van der Waals surface area (Å²) in [5.41, 5.74) is 15.4. The van der Waals surface area contributed by atoms with Gasteiger partial charge in [0.1, 0.15) is 0 Å². The number of hydrogen-bond acceptors (Lipinski definition) is 4. The average molecular weight is 161 g/mol. The molecule has 0 aromatic rings. The molecule has 0 spiro atoms. The van der Waals surface area contributed by atoms with Crippen LogP contribution in [0.1, 0.15) is 0 Å². The smallest absolute Gasteiger partial charge is 0.313 e. The molecule has 0 aromatic heterocycles. The Morgan fingerprint density at radius 1 is 1.55 bits per heavy atom. The largest absolute Gasteiger partial charge is 0.352 e. The van der Waals surface area contributed by atoms with Gasteiger partial charge in [-0.1, -0.05) is 0 Å². The minimum atomic E-state index is -0.618. The number of carbonyl (C=O) groups is 1. The van der Waals surface area contributed by atoms with Crippen LogP contribution in [0.25, 0.3) is 0 Å². The zero-order valence-corrected chi connectivity index (χ0v) is 6.34. The number of primary amides is 1. The molecule has 0 saturated carbocycles. The summed E-state index contributed by atoms with van der Waals surface area (Å²) in [6, 6.07) is -0.618. The summed E-state index contributed by atoms with van der Waals surface area (Å²) in [5, 5.41) is 5.23. The van der Waals surface area contributed by atoms with E-state index in [4.69, 9.17) is 17.2 Å². The molecular weight excluding hydrogens is 146 g/mol. The van der Waals surface area contributed by atoms with Gasteiger partial charge in [-0.2, -0.15) is 0 Å². The van der Waals surface area contributed by atoms with E-state index < -0.39 is 12.2 Å². The predicted octanol–water partition coefficient (Wildman–Crippen LogP) is -2.51. The molecule has 0 fully saturated rings. The molecule has 0 aliphatic carbocycles. The van der Waals surface area contributed by atoms with Gasteiger partial charge in [-0.05, 0) is 0 Å². The van der Waals surface area contributed by atoms with Crippen LogP contribution in [0.3, 0.4) is 0 Å². The Morgan fingerprint density at radius 3 is 2.64 bits per heavy atom. The van der Waals surface area contributed by atoms with E-state index in [0.29, 0.717) is 19.6 Å². The van der Waals surface area contributed by atoms with Crippen molar-refractivity contribution in [1.82, 2.24) is 10.6 Å². The maximum atomic E-state index is 10.2. The van der Waals surface area contributed by atoms with Gasteiger partial charge in [0, 0.05) is 19.6 Å². The van der Waals surface area contributed by atoms with Crippen LogP contribution in [-0.2, 0) is 0 Å². The first kappa shape index (κ1) is 10.2. The lowest BCUT2D eigenvalue weighted by atomic mass is 10.5. The molecule has 0 bridgehead atoms. The third-order valence-electron chi connectivity index (χ3n) is 1.01. The molecule has 66 valence electrons. The molecule has 0 aliphatic heterocycles. The SMILES string of the molecule is NCCNCC(N)NC(N)=O. The Morgan fingerprint density at radius 2 is 2.18 bits per heavy atom. The van der Waals surface area contributed by atoms with Crippen molar-refractivity contribution in [3.05, 3.63) is 0 Å². The number of carbonyl (C=O) groups excluding carboxylic acids is 1. The van der Waals surface area contributed by atoms with Gasteiger partial charge in [-0.15, -0.1) is 0 Å². The number of urea groups is 1. The van der Waals surface area contributed by atoms with Crippen molar-refractivity contribution in [3.63, 3.8) is 0 Å². The maximum Gasteiger partial charge on any atom is 0.313 e. The number of hydrogen-bond donors (Lipinski definition) is 5. The highest BCUT2D eigenvalue weighted by atomic mass is 16.2. The third-order valence-corrected chi connectivity index (χ3v) is 1.01. The molecule has 0 aliphatic rings. The molecule has 0 heterocycles. The van der Waals surface area contributed by atoms with E-state index in [2.05, 4.69) is 10.6 Å². The minimum Gasteiger partial charge on any atom is -0.352 e. The highest BCUT2D eigenvalue weighted by Gasteiger charge is 2.01. The van der Waals surface area contributed by atoms with Crippen molar-refractivity contribution in [2.24, 2.45) is 17.2 Å². The van der Waals surface area contributed by atoms with Gasteiger partial charge in [-0.3, -0.25) is 0 Å². The van der Waals surface area contributed by atoms with Crippen molar-refractivity contribution >= 4 is 6.03 Å². The zero-order valence-electron chi connectivity index (χ0n) is 6.34. The van der Waals surface area contributed by atoms with Crippen LogP contribution in [0.5, 0.6) is 0 Å². The predicted molar refractivity (Wildman–Crippen MR) is 42.6 cm³/mol. The Balaban J connectivity index is 3.22. The standard InChI is InChI=1S/C5H15N5O/c6-1-2-9-3-4(7)10-5(8)11/h4,9H,1-3,6-7H2,(H3,8,10,11). The molecule has 0 rings (SSSR count).